The van der Waals surface area contributed by atoms with Gasteiger partial charge in [0.2, 0.25) is 112 Å². The number of hydrogen-bond donors (Lipinski definition) is 29. The number of carboxylic acids is 1. The van der Waals surface area contributed by atoms with Gasteiger partial charge in [0, 0.05) is 26.1 Å². The van der Waals surface area contributed by atoms with Crippen LogP contribution < -0.4 is 124 Å². The Balaban J connectivity index is 1.86. The van der Waals surface area contributed by atoms with Crippen LogP contribution in [0.15, 0.2) is 24.3 Å². The van der Waals surface area contributed by atoms with Gasteiger partial charge in [0.05, 0.1) is 38.4 Å². The Morgan fingerprint density at radius 2 is 0.774 bits per heavy atom. The summed E-state index contributed by atoms with van der Waals surface area (Å²) < 4.78 is 0. The first kappa shape index (κ1) is 128. The SMILES string of the molecule is CC[C@H](C)[C@H](NC(=O)[C@H](CC(C)C)NC(=O)[C@H](CC(C)C)NC(=O)[C@H](CCCCN)NC(=O)[C@@H]1CCCN1C(=O)[C@H](C)NC(=O)[C@H](CCCCN)NC(=O)CNC(=O)[C@@H]1CCCN1C(=O)[C@@H](N)CCCCN)C(=O)N[C@@H](Cc1ccc(O)cc1)C(=O)N[C@@H](CCCNC(=N)N)C(=O)N[C@@H](C)C(=O)N[C@@H](CO)C(=O)N[C@H](C(=O)N[C@@H](CC(C)C)C(=O)N[C@@H](C)C(=O)N[C@@H](CO)C(=O)NCC(=O)N[C@H](C(=O)O)C(C)C)[C@@H](C)O. The molecule has 3 rings (SSSR count). The predicted octanol–water partition coefficient (Wildman–Crippen LogP) is -7.25. The molecule has 51 heteroatoms. The third-order valence-electron chi connectivity index (χ3n) is 24.6. The lowest BCUT2D eigenvalue weighted by molar-refractivity contribution is -0.143. The summed E-state index contributed by atoms with van der Waals surface area (Å²) in [7, 11) is 0. The van der Waals surface area contributed by atoms with Crippen molar-refractivity contribution in [1.82, 2.24) is 106 Å². The molecule has 0 aliphatic carbocycles. The molecule has 0 saturated carbocycles. The number of likely N-dealkylation sites (tertiary alicyclic amines) is 2. The Labute approximate surface area is 852 Å². The van der Waals surface area contributed by atoms with E-state index in [0.29, 0.717) is 82.9 Å². The summed E-state index contributed by atoms with van der Waals surface area (Å²) in [6.45, 7) is 19.5. The number of unbranched alkanes of at least 4 members (excludes halogenated alkanes) is 3. The molecule has 20 atom stereocenters. The number of hydrogen-bond acceptors (Lipinski definition) is 29. The van der Waals surface area contributed by atoms with Gasteiger partial charge >= 0.3 is 5.97 Å². The second kappa shape index (κ2) is 65.8. The summed E-state index contributed by atoms with van der Waals surface area (Å²) in [5.41, 5.74) is 29.4. The molecule has 0 radical (unpaired) electrons. The molecule has 2 saturated heterocycles. The van der Waals surface area contributed by atoms with Crippen LogP contribution in [0.3, 0.4) is 0 Å². The summed E-state index contributed by atoms with van der Waals surface area (Å²) in [5, 5.41) is 104. The van der Waals surface area contributed by atoms with E-state index >= 15 is 4.79 Å². The van der Waals surface area contributed by atoms with E-state index in [1.807, 2.05) is 0 Å². The van der Waals surface area contributed by atoms with E-state index in [1.54, 1.807) is 69.2 Å². The van der Waals surface area contributed by atoms with Gasteiger partial charge in [-0.15, -0.1) is 0 Å². The number of aliphatic hydroxyl groups is 3. The monoisotopic (exact) mass is 2070 g/mol. The van der Waals surface area contributed by atoms with Crippen LogP contribution in [-0.2, 0) is 102 Å². The summed E-state index contributed by atoms with van der Waals surface area (Å²) in [6.07, 6.45) is 2.49. The smallest absolute Gasteiger partial charge is 0.326 e. The lowest BCUT2D eigenvalue weighted by atomic mass is 9.95. The molecule has 2 aliphatic rings. The van der Waals surface area contributed by atoms with E-state index < -0.39 is 271 Å². The number of aliphatic hydroxyl groups excluding tert-OH is 3. The molecule has 34 N–H and O–H groups in total. The Morgan fingerprint density at radius 1 is 0.397 bits per heavy atom. The summed E-state index contributed by atoms with van der Waals surface area (Å²) in [6, 6.07) is -20.0. The van der Waals surface area contributed by atoms with E-state index in [2.05, 4.69) is 95.7 Å². The lowest BCUT2D eigenvalue weighted by Gasteiger charge is -2.31. The van der Waals surface area contributed by atoms with Gasteiger partial charge in [0.25, 0.3) is 0 Å². The third kappa shape index (κ3) is 44.8. The second-order valence-electron chi connectivity index (χ2n) is 38.9. The molecular formula is C95H164N26O25. The summed E-state index contributed by atoms with van der Waals surface area (Å²) in [4.78, 5) is 281. The van der Waals surface area contributed by atoms with E-state index in [1.165, 1.54) is 47.9 Å². The maximum absolute atomic E-state index is 15.1. The summed E-state index contributed by atoms with van der Waals surface area (Å²) >= 11 is 0. The van der Waals surface area contributed by atoms with Gasteiger partial charge < -0.3 is 160 Å². The molecule has 0 unspecified atom stereocenters. The van der Waals surface area contributed by atoms with Crippen LogP contribution >= 0.6 is 0 Å². The van der Waals surface area contributed by atoms with Gasteiger partial charge in [-0.1, -0.05) is 94.2 Å². The third-order valence-corrected chi connectivity index (χ3v) is 24.6. The van der Waals surface area contributed by atoms with Crippen LogP contribution in [0.1, 0.15) is 224 Å². The largest absolute Gasteiger partial charge is 0.508 e. The van der Waals surface area contributed by atoms with Crippen molar-refractivity contribution in [2.75, 3.05) is 65.6 Å². The average Bonchev–Trinajstić information content (AvgIpc) is 1.79. The van der Waals surface area contributed by atoms with Gasteiger partial charge in [-0.3, -0.25) is 96.5 Å². The highest BCUT2D eigenvalue weighted by atomic mass is 16.4. The van der Waals surface area contributed by atoms with Crippen molar-refractivity contribution in [3.8, 4) is 5.75 Å². The van der Waals surface area contributed by atoms with Gasteiger partial charge in [-0.25, -0.2) is 4.79 Å². The van der Waals surface area contributed by atoms with Crippen LogP contribution in [0, 0.1) is 35.0 Å². The number of benzene rings is 1. The number of aliphatic carboxylic acids is 1. The average molecular weight is 2070 g/mol. The molecule has 1 aromatic rings. The molecule has 51 nitrogen and oxygen atoms in total. The van der Waals surface area contributed by atoms with Crippen LogP contribution in [0.25, 0.3) is 0 Å². The molecule has 2 aliphatic heterocycles. The normalized spacial score (nSPS) is 17.1. The zero-order valence-electron chi connectivity index (χ0n) is 86.6. The molecule has 0 aromatic heterocycles. The fourth-order valence-electron chi connectivity index (χ4n) is 16.1. The Hall–Kier alpha value is -12.6. The number of nitrogens with two attached hydrogens (primary N) is 5. The van der Waals surface area contributed by atoms with Crippen LogP contribution in [0.5, 0.6) is 5.75 Å². The number of carbonyl (C=O) groups is 20. The number of phenolic OH excluding ortho intramolecular Hbond substituents is 1. The molecular weight excluding hydrogens is 1910 g/mol. The number of nitrogens with zero attached hydrogens (tertiary/aromatic N) is 2. The highest BCUT2D eigenvalue weighted by Gasteiger charge is 2.44. The molecule has 2 heterocycles. The molecule has 146 heavy (non-hydrogen) atoms. The van der Waals surface area contributed by atoms with E-state index in [9.17, 15) is 117 Å². The quantitative estimate of drug-likeness (QED) is 0.0164. The number of amides is 19. The van der Waals surface area contributed by atoms with Crippen molar-refractivity contribution in [2.24, 2.45) is 58.3 Å². The Kier molecular flexibility index (Phi) is 57.5. The highest BCUT2D eigenvalue weighted by Crippen LogP contribution is 2.24. The number of carboxylic acid groups (broad SMARTS) is 1. The standard InChI is InChI=1S/C95H164N26O25/c1-15-53(10)75(118-86(137)66(43-51(6)7)112-84(135)65(42-50(4)5)111-82(133)62(27-18-21-37-98)110-89(140)71-30-24-39-120(71)92(143)56(13)107-80(131)61(26-17-20-36-97)108-72(126)45-104-88(139)70-29-23-40-121(70)93(144)60(99)25-16-19-35-96)90(141)114-67(44-58-31-33-59(125)34-32-58)85(136)109-63(28-22-38-102-95(100)101)81(132)105-54(11)78(129)116-69(48-123)87(138)119-76(57(14)124)91(142)113-64(41-49(2)3)83(134)106-55(12)77(128)115-68(47-122)79(130)103-46-73(127)117-74(52(8)9)94(145)146/h31-34,49-57,60-71,74-76,122-125H,15-30,35-48,96-99H2,1-14H3,(H,103,130)(H,104,139)(H,105,132)(H,106,134)(H,107,131)(H,108,126)(H,109,136)(H,110,140)(H,111,133)(H,112,135)(H,113,142)(H,114,141)(H,115,128)(H,116,129)(H,117,127)(H,118,137)(H,119,138)(H,145,146)(H4,100,101,102)/t53-,54-,55-,56-,57+,60-,61-,62-,63-,64-,65-,66-,67-,68-,69-,70-,71-,74-,75-,76-/m0/s1. The Bertz CT molecular complexity index is 4490. The van der Waals surface area contributed by atoms with Gasteiger partial charge in [-0.2, -0.15) is 0 Å². The molecule has 19 amide bonds. The minimum atomic E-state index is -1.92. The number of carbonyl (C=O) groups excluding carboxylic acids is 19. The van der Waals surface area contributed by atoms with Gasteiger partial charge in [0.15, 0.2) is 5.96 Å². The number of phenols is 1. The number of aromatic hydroxyl groups is 1. The van der Waals surface area contributed by atoms with Crippen LogP contribution in [0.4, 0.5) is 0 Å². The topological polar surface area (TPSA) is 820 Å². The predicted molar refractivity (Wildman–Crippen MR) is 535 cm³/mol. The van der Waals surface area contributed by atoms with E-state index in [4.69, 9.17) is 34.1 Å². The van der Waals surface area contributed by atoms with Crippen molar-refractivity contribution in [2.45, 2.75) is 340 Å². The minimum absolute atomic E-state index is 0.00169. The zero-order valence-corrected chi connectivity index (χ0v) is 86.6. The molecule has 0 bridgehead atoms. The maximum atomic E-state index is 15.1. The maximum Gasteiger partial charge on any atom is 0.326 e. The van der Waals surface area contributed by atoms with Crippen LogP contribution in [0.2, 0.25) is 0 Å². The number of rotatable bonds is 67. The van der Waals surface area contributed by atoms with Crippen molar-refractivity contribution < 1.29 is 121 Å². The van der Waals surface area contributed by atoms with E-state index in [0.717, 1.165) is 13.8 Å². The first-order chi connectivity index (χ1) is 68.8. The fourth-order valence-corrected chi connectivity index (χ4v) is 16.1. The molecule has 2 fully saturated rings. The highest BCUT2D eigenvalue weighted by molar-refractivity contribution is 6.02. The molecule has 1 aromatic carbocycles. The molecule has 0 spiro atoms. The minimum Gasteiger partial charge on any atom is -0.508 e. The van der Waals surface area contributed by atoms with Crippen molar-refractivity contribution in [1.29, 1.82) is 5.41 Å². The van der Waals surface area contributed by atoms with Crippen molar-refractivity contribution in [3.05, 3.63) is 29.8 Å². The van der Waals surface area contributed by atoms with E-state index in [-0.39, 0.29) is 120 Å². The van der Waals surface area contributed by atoms with Gasteiger partial charge in [0.1, 0.15) is 108 Å². The first-order valence-electron chi connectivity index (χ1n) is 50.3. The lowest BCUT2D eigenvalue weighted by Crippen LogP contribution is -2.62. The second-order valence-corrected chi connectivity index (χ2v) is 38.9. The fraction of sp³-hybridized carbons (Fsp3) is 0.716. The molecule has 824 valence electrons. The van der Waals surface area contributed by atoms with Gasteiger partial charge in [-0.05, 0) is 204 Å². The summed E-state index contributed by atoms with van der Waals surface area (Å²) in [5.74, 6) is -21.0. The number of guanidine groups is 1. The van der Waals surface area contributed by atoms with Crippen molar-refractivity contribution in [3.63, 3.8) is 0 Å². The first-order valence-corrected chi connectivity index (χ1v) is 50.3. The number of nitrogens with one attached hydrogen (secondary N) is 19. The van der Waals surface area contributed by atoms with Crippen molar-refractivity contribution >= 4 is 124 Å². The van der Waals surface area contributed by atoms with Crippen LogP contribution in [-0.4, -0.2) is 340 Å². The Morgan fingerprint density at radius 3 is 1.25 bits per heavy atom. The zero-order chi connectivity index (χ0) is 110.